The van der Waals surface area contributed by atoms with Gasteiger partial charge in [0.05, 0.1) is 17.6 Å². The number of nitrogens with zero attached hydrogens (tertiary/aromatic N) is 5. The van der Waals surface area contributed by atoms with Crippen LogP contribution in [0.2, 0.25) is 0 Å². The first kappa shape index (κ1) is 31.6. The van der Waals surface area contributed by atoms with Gasteiger partial charge in [-0.05, 0) is 62.4 Å². The molecule has 0 aliphatic carbocycles. The van der Waals surface area contributed by atoms with Gasteiger partial charge in [-0.15, -0.1) is 5.10 Å². The molecule has 50 heavy (non-hydrogen) atoms. The first-order chi connectivity index (χ1) is 24.3. The number of hydrogen-bond acceptors (Lipinski definition) is 8. The maximum absolute atomic E-state index is 12.9. The molecule has 2 aliphatic heterocycles. The summed E-state index contributed by atoms with van der Waals surface area (Å²) in [7, 11) is 1.56. The van der Waals surface area contributed by atoms with E-state index in [0.29, 0.717) is 23.5 Å². The molecule has 0 unspecified atom stereocenters. The number of carbonyl (C=O) groups excluding carboxylic acids is 2. The summed E-state index contributed by atoms with van der Waals surface area (Å²) in [6.45, 7) is 4.15. The van der Waals surface area contributed by atoms with E-state index in [-0.39, 0.29) is 17.5 Å². The molecule has 6 aromatic rings. The monoisotopic (exact) mass is 669 g/mol. The second kappa shape index (κ2) is 12.6. The number of aromatic nitrogens is 5. The predicted octanol–water partition coefficient (Wildman–Crippen LogP) is 5.69. The van der Waals surface area contributed by atoms with Gasteiger partial charge in [0.2, 0.25) is 0 Å². The van der Waals surface area contributed by atoms with Gasteiger partial charge in [-0.1, -0.05) is 65.9 Å². The lowest BCUT2D eigenvalue weighted by Crippen LogP contribution is -2.33. The average molecular weight is 670 g/mol. The van der Waals surface area contributed by atoms with Crippen molar-refractivity contribution in [2.45, 2.75) is 50.7 Å². The zero-order chi connectivity index (χ0) is 34.4. The Kier molecular flexibility index (Phi) is 7.98. The van der Waals surface area contributed by atoms with Crippen LogP contribution >= 0.6 is 0 Å². The summed E-state index contributed by atoms with van der Waals surface area (Å²) in [6.07, 6.45) is -2.22. The molecule has 0 spiro atoms. The molecule has 2 fully saturated rings. The van der Waals surface area contributed by atoms with Crippen molar-refractivity contribution in [2.24, 2.45) is 0 Å². The molecule has 2 saturated heterocycles. The van der Waals surface area contributed by atoms with Crippen molar-refractivity contribution < 1.29 is 23.8 Å². The maximum Gasteiger partial charge on any atom is 0.273 e. The molecule has 0 bridgehead atoms. The van der Waals surface area contributed by atoms with E-state index in [9.17, 15) is 9.59 Å². The fourth-order valence-corrected chi connectivity index (χ4v) is 6.77. The molecule has 2 aromatic heterocycles. The Hall–Kier alpha value is -5.69. The van der Waals surface area contributed by atoms with Gasteiger partial charge >= 0.3 is 0 Å². The van der Waals surface area contributed by atoms with Gasteiger partial charge in [0, 0.05) is 29.4 Å². The lowest BCUT2D eigenvalue weighted by molar-refractivity contribution is -0.199. The highest BCUT2D eigenvalue weighted by molar-refractivity contribution is 6.04. The summed E-state index contributed by atoms with van der Waals surface area (Å²) in [5, 5.41) is 14.4. The van der Waals surface area contributed by atoms with Crippen molar-refractivity contribution in [3.8, 4) is 22.6 Å². The van der Waals surface area contributed by atoms with Crippen LogP contribution in [0.4, 0.5) is 5.69 Å². The molecule has 8 rings (SSSR count). The minimum atomic E-state index is -0.882. The van der Waals surface area contributed by atoms with Crippen LogP contribution in [0.15, 0.2) is 109 Å². The summed E-state index contributed by atoms with van der Waals surface area (Å²) < 4.78 is 23.5. The van der Waals surface area contributed by atoms with Crippen molar-refractivity contribution in [1.82, 2.24) is 29.9 Å². The Balaban J connectivity index is 1.14. The number of carbonyl (C=O) groups is 2. The van der Waals surface area contributed by atoms with Gasteiger partial charge in [-0.25, -0.2) is 9.67 Å². The highest BCUT2D eigenvalue weighted by Crippen LogP contribution is 2.45. The molecule has 2 N–H and O–H groups in total. The molecule has 12 nitrogen and oxygen atoms in total. The Morgan fingerprint density at radius 2 is 1.48 bits per heavy atom. The van der Waals surface area contributed by atoms with E-state index < -0.39 is 30.3 Å². The predicted molar refractivity (Wildman–Crippen MR) is 186 cm³/mol. The number of amides is 2. The Morgan fingerprint density at radius 3 is 2.22 bits per heavy atom. The second-order valence-electron chi connectivity index (χ2n) is 12.7. The van der Waals surface area contributed by atoms with E-state index in [1.807, 2.05) is 111 Å². The molecule has 12 heteroatoms. The number of nitrogens with one attached hydrogen (secondary N) is 2. The minimum Gasteiger partial charge on any atom is -0.354 e. The van der Waals surface area contributed by atoms with Crippen LogP contribution in [0.5, 0.6) is 0 Å². The van der Waals surface area contributed by atoms with Crippen molar-refractivity contribution in [3.63, 3.8) is 0 Å². The summed E-state index contributed by atoms with van der Waals surface area (Å²) in [4.78, 5) is 30.7. The number of hydrogen-bond donors (Lipinski definition) is 2. The van der Waals surface area contributed by atoms with Gasteiger partial charge < -0.3 is 29.4 Å². The van der Waals surface area contributed by atoms with E-state index in [1.165, 1.54) is 0 Å². The zero-order valence-corrected chi connectivity index (χ0v) is 27.7. The number of imidazole rings is 1. The third-order valence-electron chi connectivity index (χ3n) is 9.00. The molecule has 4 heterocycles. The SMILES string of the molecule is CNC(=O)c1nnn([C@@H]2O[C@H](Cn3c(-c4ccc(NC(=O)c5ccccc5)cc4)nc4ccccc43)[C@H]3OC(C)(C)O[C@H]32)c1-c1ccccc1. The highest BCUT2D eigenvalue weighted by atomic mass is 16.8. The fraction of sp³-hybridized carbons (Fsp3) is 0.237. The Labute approximate surface area is 288 Å². The third-order valence-corrected chi connectivity index (χ3v) is 9.00. The van der Waals surface area contributed by atoms with Gasteiger partial charge in [0.1, 0.15) is 29.8 Å². The van der Waals surface area contributed by atoms with Crippen LogP contribution in [0, 0.1) is 0 Å². The molecule has 0 radical (unpaired) electrons. The number of anilines is 1. The van der Waals surface area contributed by atoms with Crippen molar-refractivity contribution >= 4 is 28.5 Å². The van der Waals surface area contributed by atoms with Gasteiger partial charge in [0.15, 0.2) is 17.7 Å². The molecule has 4 atom stereocenters. The maximum atomic E-state index is 12.9. The zero-order valence-electron chi connectivity index (χ0n) is 27.7. The van der Waals surface area contributed by atoms with E-state index >= 15 is 0 Å². The molecule has 4 aromatic carbocycles. The van der Waals surface area contributed by atoms with Crippen molar-refractivity contribution in [2.75, 3.05) is 12.4 Å². The van der Waals surface area contributed by atoms with E-state index in [0.717, 1.165) is 28.0 Å². The van der Waals surface area contributed by atoms with Crippen LogP contribution in [0.1, 0.15) is 40.9 Å². The first-order valence-corrected chi connectivity index (χ1v) is 16.5. The van der Waals surface area contributed by atoms with Crippen LogP contribution in [0.3, 0.4) is 0 Å². The molecule has 0 saturated carbocycles. The quantitative estimate of drug-likeness (QED) is 0.211. The number of rotatable bonds is 8. The summed E-state index contributed by atoms with van der Waals surface area (Å²) in [6, 6.07) is 34.2. The number of ether oxygens (including phenoxy) is 3. The molecule has 2 aliphatic rings. The van der Waals surface area contributed by atoms with Gasteiger partial charge in [-0.3, -0.25) is 9.59 Å². The summed E-state index contributed by atoms with van der Waals surface area (Å²) >= 11 is 0. The summed E-state index contributed by atoms with van der Waals surface area (Å²) in [5.41, 5.74) is 5.36. The Bertz CT molecular complexity index is 2180. The van der Waals surface area contributed by atoms with E-state index in [2.05, 4.69) is 25.5 Å². The van der Waals surface area contributed by atoms with Crippen molar-refractivity contribution in [3.05, 3.63) is 120 Å². The normalized spacial score (nSPS) is 20.9. The molecular weight excluding hydrogens is 634 g/mol. The minimum absolute atomic E-state index is 0.181. The topological polar surface area (TPSA) is 134 Å². The molecule has 2 amide bonds. The average Bonchev–Trinajstić information content (AvgIpc) is 3.90. The largest absolute Gasteiger partial charge is 0.354 e. The van der Waals surface area contributed by atoms with Gasteiger partial charge in [0.25, 0.3) is 11.8 Å². The van der Waals surface area contributed by atoms with Crippen LogP contribution in [0.25, 0.3) is 33.7 Å². The Morgan fingerprint density at radius 1 is 0.800 bits per heavy atom. The van der Waals surface area contributed by atoms with Crippen LogP contribution in [-0.4, -0.2) is 67.5 Å². The molecular formula is C38H35N7O5. The van der Waals surface area contributed by atoms with Crippen LogP contribution < -0.4 is 10.6 Å². The van der Waals surface area contributed by atoms with Gasteiger partial charge in [-0.2, -0.15) is 0 Å². The van der Waals surface area contributed by atoms with Crippen molar-refractivity contribution in [1.29, 1.82) is 0 Å². The first-order valence-electron chi connectivity index (χ1n) is 16.5. The summed E-state index contributed by atoms with van der Waals surface area (Å²) in [5.74, 6) is -0.682. The molecule has 252 valence electrons. The van der Waals surface area contributed by atoms with E-state index in [1.54, 1.807) is 23.9 Å². The van der Waals surface area contributed by atoms with E-state index in [4.69, 9.17) is 19.2 Å². The van der Waals surface area contributed by atoms with Crippen LogP contribution in [-0.2, 0) is 20.8 Å². The second-order valence-corrected chi connectivity index (χ2v) is 12.7. The lowest BCUT2D eigenvalue weighted by atomic mass is 10.1. The smallest absolute Gasteiger partial charge is 0.273 e. The fourth-order valence-electron chi connectivity index (χ4n) is 6.77. The number of para-hydroxylation sites is 2. The number of benzene rings is 4. The standard InChI is InChI=1S/C38H35N7O5/c1-38(2)49-32-29(48-37(33(32)50-38)45-31(23-12-6-4-7-13-23)30(42-43-45)36(47)39-3)22-44-28-17-11-10-16-27(28)41-34(44)24-18-20-26(21-19-24)40-35(46)25-14-8-5-9-15-25/h4-21,29,32-33,37H,22H2,1-3H3,(H,39,47)(H,40,46)/t29-,32-,33-,37-/m1/s1. The third kappa shape index (κ3) is 5.72. The lowest BCUT2D eigenvalue weighted by Gasteiger charge is -2.25. The highest BCUT2D eigenvalue weighted by Gasteiger charge is 2.57. The number of fused-ring (bicyclic) bond motifs is 2.